The molecule has 1 heterocycles. The van der Waals surface area contributed by atoms with Crippen LogP contribution in [0.4, 0.5) is 0 Å². The lowest BCUT2D eigenvalue weighted by atomic mass is 9.74. The number of hydrogen-bond acceptors (Lipinski definition) is 2. The van der Waals surface area contributed by atoms with Gasteiger partial charge in [0.25, 0.3) is 0 Å². The Labute approximate surface area is 111 Å². The Hall–Kier alpha value is -0.570. The van der Waals surface area contributed by atoms with E-state index in [0.29, 0.717) is 11.9 Å². The summed E-state index contributed by atoms with van der Waals surface area (Å²) < 4.78 is 0. The summed E-state index contributed by atoms with van der Waals surface area (Å²) in [6.45, 7) is 3.91. The van der Waals surface area contributed by atoms with E-state index in [0.717, 1.165) is 38.8 Å². The fourth-order valence-corrected chi connectivity index (χ4v) is 3.65. The van der Waals surface area contributed by atoms with Gasteiger partial charge in [-0.1, -0.05) is 26.2 Å². The van der Waals surface area contributed by atoms with Crippen LogP contribution >= 0.6 is 0 Å². The number of rotatable bonds is 4. The summed E-state index contributed by atoms with van der Waals surface area (Å²) in [5.74, 6) is 0.432. The summed E-state index contributed by atoms with van der Waals surface area (Å²) in [7, 11) is 0. The van der Waals surface area contributed by atoms with E-state index in [9.17, 15) is 4.79 Å². The summed E-state index contributed by atoms with van der Waals surface area (Å²) >= 11 is 0. The minimum atomic E-state index is -0.0659. The molecule has 1 aliphatic carbocycles. The molecule has 104 valence electrons. The maximum atomic E-state index is 12.8. The van der Waals surface area contributed by atoms with Crippen LogP contribution in [-0.4, -0.2) is 29.9 Å². The van der Waals surface area contributed by atoms with Gasteiger partial charge in [-0.15, -0.1) is 0 Å². The molecule has 2 rings (SSSR count). The average Bonchev–Trinajstić information content (AvgIpc) is 2.84. The molecule has 2 aliphatic rings. The molecule has 0 spiro atoms. The molecule has 0 aromatic heterocycles. The van der Waals surface area contributed by atoms with E-state index >= 15 is 0 Å². The zero-order chi connectivity index (χ0) is 13.0. The first-order valence-electron chi connectivity index (χ1n) is 7.68. The molecule has 1 unspecified atom stereocenters. The lowest BCUT2D eigenvalue weighted by Gasteiger charge is -2.38. The molecular weight excluding hydrogens is 224 g/mol. The third-order valence-electron chi connectivity index (χ3n) is 4.85. The molecule has 18 heavy (non-hydrogen) atoms. The molecule has 0 aromatic rings. The van der Waals surface area contributed by atoms with Crippen molar-refractivity contribution in [3.63, 3.8) is 0 Å². The second-order valence-electron chi connectivity index (χ2n) is 6.35. The van der Waals surface area contributed by atoms with Gasteiger partial charge in [0.15, 0.2) is 0 Å². The normalized spacial score (nSPS) is 27.4. The van der Waals surface area contributed by atoms with Crippen LogP contribution in [0.2, 0.25) is 0 Å². The lowest BCUT2D eigenvalue weighted by Crippen LogP contribution is -2.45. The Morgan fingerprint density at radius 1 is 1.28 bits per heavy atom. The maximum Gasteiger partial charge on any atom is 0.228 e. The predicted octanol–water partition coefficient (Wildman–Crippen LogP) is 2.69. The molecule has 0 radical (unpaired) electrons. The molecular formula is C15H28N2O. The Morgan fingerprint density at radius 3 is 2.67 bits per heavy atom. The van der Waals surface area contributed by atoms with Crippen LogP contribution in [0.3, 0.4) is 0 Å². The summed E-state index contributed by atoms with van der Waals surface area (Å²) in [6, 6.07) is 0.472. The van der Waals surface area contributed by atoms with Gasteiger partial charge in [-0.05, 0) is 45.1 Å². The van der Waals surface area contributed by atoms with Gasteiger partial charge in [0, 0.05) is 18.0 Å². The van der Waals surface area contributed by atoms with Crippen molar-refractivity contribution in [2.75, 3.05) is 13.1 Å². The number of carbonyl (C=O) groups is 1. The zero-order valence-corrected chi connectivity index (χ0v) is 11.8. The van der Waals surface area contributed by atoms with E-state index in [1.165, 1.54) is 32.1 Å². The van der Waals surface area contributed by atoms with Crippen molar-refractivity contribution in [1.29, 1.82) is 0 Å². The van der Waals surface area contributed by atoms with Gasteiger partial charge in [0.1, 0.15) is 0 Å². The van der Waals surface area contributed by atoms with Crippen molar-refractivity contribution in [3.8, 4) is 0 Å². The molecule has 0 bridgehead atoms. The largest absolute Gasteiger partial charge is 0.339 e. The molecule has 3 nitrogen and oxygen atoms in total. The Morgan fingerprint density at radius 2 is 2.00 bits per heavy atom. The van der Waals surface area contributed by atoms with E-state index in [2.05, 4.69) is 11.8 Å². The first-order valence-corrected chi connectivity index (χ1v) is 7.68. The van der Waals surface area contributed by atoms with Gasteiger partial charge in [0.2, 0.25) is 5.91 Å². The van der Waals surface area contributed by atoms with E-state index in [4.69, 9.17) is 5.73 Å². The van der Waals surface area contributed by atoms with Gasteiger partial charge >= 0.3 is 0 Å². The molecule has 1 amide bonds. The van der Waals surface area contributed by atoms with Gasteiger partial charge < -0.3 is 10.6 Å². The zero-order valence-electron chi connectivity index (χ0n) is 11.8. The van der Waals surface area contributed by atoms with Crippen LogP contribution in [0.1, 0.15) is 64.7 Å². The maximum absolute atomic E-state index is 12.8. The number of likely N-dealkylation sites (tertiary alicyclic amines) is 1. The fraction of sp³-hybridized carbons (Fsp3) is 0.933. The van der Waals surface area contributed by atoms with Crippen molar-refractivity contribution < 1.29 is 4.79 Å². The highest BCUT2D eigenvalue weighted by Gasteiger charge is 2.40. The van der Waals surface area contributed by atoms with Crippen molar-refractivity contribution in [2.24, 2.45) is 11.1 Å². The summed E-state index contributed by atoms with van der Waals surface area (Å²) in [5, 5.41) is 0. The van der Waals surface area contributed by atoms with Gasteiger partial charge in [0.05, 0.1) is 0 Å². The monoisotopic (exact) mass is 252 g/mol. The van der Waals surface area contributed by atoms with Crippen molar-refractivity contribution in [2.45, 2.75) is 70.8 Å². The molecule has 1 saturated heterocycles. The van der Waals surface area contributed by atoms with Crippen LogP contribution < -0.4 is 5.73 Å². The van der Waals surface area contributed by atoms with Gasteiger partial charge in [-0.3, -0.25) is 4.79 Å². The quantitative estimate of drug-likeness (QED) is 0.836. The van der Waals surface area contributed by atoms with E-state index in [1.54, 1.807) is 0 Å². The van der Waals surface area contributed by atoms with Gasteiger partial charge in [-0.2, -0.15) is 0 Å². The van der Waals surface area contributed by atoms with Crippen LogP contribution in [0.15, 0.2) is 0 Å². The summed E-state index contributed by atoms with van der Waals surface area (Å²) in [6.07, 6.45) is 10.4. The molecule has 2 fully saturated rings. The molecule has 1 aliphatic heterocycles. The van der Waals surface area contributed by atoms with Crippen LogP contribution in [0, 0.1) is 5.41 Å². The van der Waals surface area contributed by atoms with Gasteiger partial charge in [-0.25, -0.2) is 0 Å². The van der Waals surface area contributed by atoms with E-state index in [1.807, 2.05) is 0 Å². The van der Waals surface area contributed by atoms with E-state index in [-0.39, 0.29) is 5.41 Å². The molecule has 1 saturated carbocycles. The topological polar surface area (TPSA) is 46.3 Å². The molecule has 0 aromatic carbocycles. The number of amides is 1. The number of hydrogen-bond donors (Lipinski definition) is 1. The summed E-state index contributed by atoms with van der Waals surface area (Å²) in [5.41, 5.74) is 5.53. The van der Waals surface area contributed by atoms with Crippen LogP contribution in [0.5, 0.6) is 0 Å². The second kappa shape index (κ2) is 6.05. The second-order valence-corrected chi connectivity index (χ2v) is 6.35. The number of carbonyl (C=O) groups excluding carboxylic acids is 1. The Balaban J connectivity index is 1.98. The Bertz CT molecular complexity index is 284. The standard InChI is InChI=1S/C15H28N2O/c1-15(9-3-2-4-10-15)14(18)17-12-6-8-13(17)7-5-11-16/h13H,2-12,16H2,1H3. The van der Waals surface area contributed by atoms with Crippen molar-refractivity contribution >= 4 is 5.91 Å². The first kappa shape index (κ1) is 13.9. The fourth-order valence-electron chi connectivity index (χ4n) is 3.65. The van der Waals surface area contributed by atoms with Crippen LogP contribution in [0.25, 0.3) is 0 Å². The number of nitrogens with zero attached hydrogens (tertiary/aromatic N) is 1. The van der Waals surface area contributed by atoms with Crippen molar-refractivity contribution in [1.82, 2.24) is 4.90 Å². The first-order chi connectivity index (χ1) is 8.67. The SMILES string of the molecule is CC1(C(=O)N2CCCC2CCCN)CCCCC1. The molecule has 2 N–H and O–H groups in total. The Kier molecular flexibility index (Phi) is 4.66. The minimum absolute atomic E-state index is 0.0659. The highest BCUT2D eigenvalue weighted by molar-refractivity contribution is 5.83. The third-order valence-corrected chi connectivity index (χ3v) is 4.85. The lowest BCUT2D eigenvalue weighted by molar-refractivity contribution is -0.144. The predicted molar refractivity (Wildman–Crippen MR) is 74.2 cm³/mol. The smallest absolute Gasteiger partial charge is 0.228 e. The minimum Gasteiger partial charge on any atom is -0.339 e. The van der Waals surface area contributed by atoms with E-state index < -0.39 is 0 Å². The average molecular weight is 252 g/mol. The summed E-state index contributed by atoms with van der Waals surface area (Å²) in [4.78, 5) is 15.0. The number of nitrogens with two attached hydrogens (primary N) is 1. The third kappa shape index (κ3) is 2.87. The van der Waals surface area contributed by atoms with Crippen LogP contribution in [-0.2, 0) is 4.79 Å². The highest BCUT2D eigenvalue weighted by atomic mass is 16.2. The van der Waals surface area contributed by atoms with Crippen molar-refractivity contribution in [3.05, 3.63) is 0 Å². The molecule has 1 atom stereocenters. The highest BCUT2D eigenvalue weighted by Crippen LogP contribution is 2.39. The molecule has 3 heteroatoms.